The van der Waals surface area contributed by atoms with E-state index in [-0.39, 0.29) is 0 Å². The number of rotatable bonds is 3. The second-order valence-electron chi connectivity index (χ2n) is 3.83. The number of halogens is 1. The molecule has 82 valence electrons. The highest BCUT2D eigenvalue weighted by Crippen LogP contribution is 2.20. The van der Waals surface area contributed by atoms with Crippen LogP contribution in [0.5, 0.6) is 0 Å². The van der Waals surface area contributed by atoms with Crippen LogP contribution in [0.4, 0.5) is 5.69 Å². The Labute approximate surface area is 104 Å². The summed E-state index contributed by atoms with van der Waals surface area (Å²) in [5.41, 5.74) is 9.39. The molecule has 0 bridgehead atoms. The first kappa shape index (κ1) is 11.2. The minimum atomic E-state index is 0.866. The Bertz CT molecular complexity index is 465. The highest BCUT2D eigenvalue weighted by Gasteiger charge is 2.00. The van der Waals surface area contributed by atoms with Crippen LogP contribution in [0.2, 0.25) is 0 Å². The molecular formula is C14H14BrN. The van der Waals surface area contributed by atoms with Crippen molar-refractivity contribution in [2.24, 2.45) is 0 Å². The van der Waals surface area contributed by atoms with E-state index in [9.17, 15) is 0 Å². The van der Waals surface area contributed by atoms with Crippen LogP contribution in [0.3, 0.4) is 0 Å². The second kappa shape index (κ2) is 5.17. The maximum Gasteiger partial charge on any atom is 0.0357 e. The van der Waals surface area contributed by atoms with Gasteiger partial charge in [0, 0.05) is 10.2 Å². The third-order valence-corrected chi connectivity index (χ3v) is 3.13. The molecule has 0 aliphatic carbocycles. The van der Waals surface area contributed by atoms with Crippen LogP contribution in [-0.2, 0) is 12.8 Å². The van der Waals surface area contributed by atoms with Gasteiger partial charge in [0.05, 0.1) is 0 Å². The molecule has 2 heteroatoms. The Morgan fingerprint density at radius 3 is 2.38 bits per heavy atom. The fourth-order valence-electron chi connectivity index (χ4n) is 1.72. The predicted octanol–water partition coefficient (Wildman–Crippen LogP) is 3.82. The first-order chi connectivity index (χ1) is 7.75. The molecule has 0 atom stereocenters. The summed E-state index contributed by atoms with van der Waals surface area (Å²) in [6.07, 6.45) is 2.02. The molecule has 2 aromatic rings. The van der Waals surface area contributed by atoms with Gasteiger partial charge in [0.15, 0.2) is 0 Å². The highest BCUT2D eigenvalue weighted by molar-refractivity contribution is 9.10. The lowest BCUT2D eigenvalue weighted by atomic mass is 10.0. The molecule has 2 N–H and O–H groups in total. The van der Waals surface area contributed by atoms with Crippen LogP contribution in [-0.4, -0.2) is 0 Å². The molecule has 0 saturated heterocycles. The van der Waals surface area contributed by atoms with Crippen molar-refractivity contribution in [2.75, 3.05) is 5.73 Å². The van der Waals surface area contributed by atoms with E-state index in [0.29, 0.717) is 0 Å². The van der Waals surface area contributed by atoms with Crippen molar-refractivity contribution in [2.45, 2.75) is 12.8 Å². The van der Waals surface area contributed by atoms with Gasteiger partial charge in [-0.25, -0.2) is 0 Å². The normalized spacial score (nSPS) is 10.3. The number of nitrogen functional groups attached to an aromatic ring is 1. The largest absolute Gasteiger partial charge is 0.398 e. The Morgan fingerprint density at radius 2 is 1.69 bits per heavy atom. The molecule has 0 fully saturated rings. The summed E-state index contributed by atoms with van der Waals surface area (Å²) in [5, 5.41) is 0. The number of hydrogen-bond acceptors (Lipinski definition) is 1. The average Bonchev–Trinajstić information content (AvgIpc) is 2.29. The van der Waals surface area contributed by atoms with E-state index in [1.54, 1.807) is 0 Å². The number of anilines is 1. The lowest BCUT2D eigenvalue weighted by molar-refractivity contribution is 0.962. The zero-order chi connectivity index (χ0) is 11.4. The van der Waals surface area contributed by atoms with E-state index >= 15 is 0 Å². The molecule has 0 aliphatic rings. The number of aryl methyl sites for hydroxylation is 2. The van der Waals surface area contributed by atoms with Gasteiger partial charge in [-0.15, -0.1) is 0 Å². The van der Waals surface area contributed by atoms with Gasteiger partial charge in [0.2, 0.25) is 0 Å². The quantitative estimate of drug-likeness (QED) is 0.847. The molecule has 0 spiro atoms. The van der Waals surface area contributed by atoms with Crippen LogP contribution in [0.25, 0.3) is 0 Å². The molecular weight excluding hydrogens is 262 g/mol. The van der Waals surface area contributed by atoms with Gasteiger partial charge in [-0.1, -0.05) is 52.3 Å². The summed E-state index contributed by atoms with van der Waals surface area (Å²) in [7, 11) is 0. The summed E-state index contributed by atoms with van der Waals surface area (Å²) in [4.78, 5) is 0. The molecule has 0 radical (unpaired) electrons. The first-order valence-corrected chi connectivity index (χ1v) is 6.13. The summed E-state index contributed by atoms with van der Waals surface area (Å²) >= 11 is 3.41. The van der Waals surface area contributed by atoms with E-state index in [2.05, 4.69) is 46.3 Å². The van der Waals surface area contributed by atoms with E-state index in [0.717, 1.165) is 23.0 Å². The zero-order valence-electron chi connectivity index (χ0n) is 8.99. The molecule has 1 nitrogen and oxygen atoms in total. The first-order valence-electron chi connectivity index (χ1n) is 5.33. The average molecular weight is 276 g/mol. The van der Waals surface area contributed by atoms with Crippen molar-refractivity contribution in [1.29, 1.82) is 0 Å². The minimum Gasteiger partial charge on any atom is -0.398 e. The van der Waals surface area contributed by atoms with Crippen molar-refractivity contribution in [1.82, 2.24) is 0 Å². The highest BCUT2D eigenvalue weighted by atomic mass is 79.9. The predicted molar refractivity (Wildman–Crippen MR) is 72.4 cm³/mol. The topological polar surface area (TPSA) is 26.0 Å². The Balaban J connectivity index is 2.05. The molecule has 0 aromatic heterocycles. The number of nitrogens with two attached hydrogens (primary N) is 1. The molecule has 16 heavy (non-hydrogen) atoms. The Morgan fingerprint density at radius 1 is 0.938 bits per heavy atom. The molecule has 0 saturated carbocycles. The van der Waals surface area contributed by atoms with Gasteiger partial charge in [0.25, 0.3) is 0 Å². The van der Waals surface area contributed by atoms with Crippen molar-refractivity contribution in [3.63, 3.8) is 0 Å². The van der Waals surface area contributed by atoms with Gasteiger partial charge in [-0.2, -0.15) is 0 Å². The van der Waals surface area contributed by atoms with E-state index in [1.165, 1.54) is 11.1 Å². The Kier molecular flexibility index (Phi) is 3.62. The summed E-state index contributed by atoms with van der Waals surface area (Å²) < 4.78 is 1.04. The van der Waals surface area contributed by atoms with Crippen LogP contribution in [0, 0.1) is 0 Å². The van der Waals surface area contributed by atoms with Gasteiger partial charge in [0.1, 0.15) is 0 Å². The third kappa shape index (κ3) is 2.86. The molecule has 0 amide bonds. The van der Waals surface area contributed by atoms with Gasteiger partial charge < -0.3 is 5.73 Å². The maximum absolute atomic E-state index is 5.96. The minimum absolute atomic E-state index is 0.866. The second-order valence-corrected chi connectivity index (χ2v) is 4.74. The van der Waals surface area contributed by atoms with Crippen molar-refractivity contribution in [3.05, 3.63) is 64.1 Å². The molecule has 0 heterocycles. The molecule has 2 aromatic carbocycles. The van der Waals surface area contributed by atoms with Crippen LogP contribution in [0.1, 0.15) is 11.1 Å². The molecule has 0 aliphatic heterocycles. The smallest absolute Gasteiger partial charge is 0.0357 e. The zero-order valence-corrected chi connectivity index (χ0v) is 10.6. The molecule has 0 unspecified atom stereocenters. The standard InChI is InChI=1S/C14H14BrN/c15-13-9-8-12(14(16)10-13)7-6-11-4-2-1-3-5-11/h1-5,8-10H,6-7,16H2. The lowest BCUT2D eigenvalue weighted by Gasteiger charge is -2.06. The van der Waals surface area contributed by atoms with Crippen LogP contribution in [0.15, 0.2) is 53.0 Å². The van der Waals surface area contributed by atoms with Gasteiger partial charge in [-0.3, -0.25) is 0 Å². The van der Waals surface area contributed by atoms with E-state index in [4.69, 9.17) is 5.73 Å². The lowest BCUT2D eigenvalue weighted by Crippen LogP contribution is -1.97. The Hall–Kier alpha value is -1.28. The molecule has 2 rings (SSSR count). The maximum atomic E-state index is 5.96. The van der Waals surface area contributed by atoms with E-state index < -0.39 is 0 Å². The summed E-state index contributed by atoms with van der Waals surface area (Å²) in [6, 6.07) is 16.6. The van der Waals surface area contributed by atoms with Gasteiger partial charge >= 0.3 is 0 Å². The van der Waals surface area contributed by atoms with Gasteiger partial charge in [-0.05, 0) is 36.1 Å². The number of hydrogen-bond donors (Lipinski definition) is 1. The van der Waals surface area contributed by atoms with Crippen molar-refractivity contribution < 1.29 is 0 Å². The van der Waals surface area contributed by atoms with Crippen molar-refractivity contribution >= 4 is 21.6 Å². The summed E-state index contributed by atoms with van der Waals surface area (Å²) in [6.45, 7) is 0. The fourth-order valence-corrected chi connectivity index (χ4v) is 2.10. The number of benzene rings is 2. The van der Waals surface area contributed by atoms with Crippen molar-refractivity contribution in [3.8, 4) is 0 Å². The third-order valence-electron chi connectivity index (χ3n) is 2.63. The monoisotopic (exact) mass is 275 g/mol. The fraction of sp³-hybridized carbons (Fsp3) is 0.143. The van der Waals surface area contributed by atoms with Crippen LogP contribution < -0.4 is 5.73 Å². The van der Waals surface area contributed by atoms with E-state index in [1.807, 2.05) is 18.2 Å². The SMILES string of the molecule is Nc1cc(Br)ccc1CCc1ccccc1. The summed E-state index contributed by atoms with van der Waals surface area (Å²) in [5.74, 6) is 0. The van der Waals surface area contributed by atoms with Crippen LogP contribution >= 0.6 is 15.9 Å².